The third kappa shape index (κ3) is 4.08. The van der Waals surface area contributed by atoms with Crippen molar-refractivity contribution in [1.29, 1.82) is 0 Å². The molecule has 6 nitrogen and oxygen atoms in total. The summed E-state index contributed by atoms with van der Waals surface area (Å²) < 4.78 is 2.05. The van der Waals surface area contributed by atoms with Gasteiger partial charge in [0.15, 0.2) is 11.5 Å². The number of nitrogens with zero attached hydrogens (tertiary/aromatic N) is 6. The van der Waals surface area contributed by atoms with E-state index in [0.717, 1.165) is 85.7 Å². The second kappa shape index (κ2) is 9.61. The average Bonchev–Trinajstić information content (AvgIpc) is 3.44. The molecule has 0 N–H and O–H groups in total. The largest absolute Gasteiger partial charge is 0.284 e. The average molecular weight is 529 g/mol. The summed E-state index contributed by atoms with van der Waals surface area (Å²) in [7, 11) is 0. The minimum Gasteiger partial charge on any atom is -0.284 e. The third-order valence-electron chi connectivity index (χ3n) is 7.57. The van der Waals surface area contributed by atoms with Crippen LogP contribution in [0.2, 0.25) is 0 Å². The van der Waals surface area contributed by atoms with Crippen LogP contribution in [0, 0.1) is 0 Å². The lowest BCUT2D eigenvalue weighted by atomic mass is 10.0. The molecule has 6 heteroatoms. The van der Waals surface area contributed by atoms with E-state index in [1.54, 1.807) is 6.20 Å². The highest BCUT2D eigenvalue weighted by atomic mass is 15.1. The molecule has 0 spiro atoms. The Hall–Kier alpha value is -5.49. The zero-order valence-electron chi connectivity index (χ0n) is 22.1. The number of allylic oxidation sites excluding steroid dienone is 4. The highest BCUT2D eigenvalue weighted by Gasteiger charge is 2.16. The van der Waals surface area contributed by atoms with Crippen molar-refractivity contribution in [2.75, 3.05) is 0 Å². The number of imidazole rings is 1. The Morgan fingerprint density at radius 2 is 1.46 bits per heavy atom. The van der Waals surface area contributed by atoms with Crippen molar-refractivity contribution >= 4 is 33.2 Å². The first-order valence-electron chi connectivity index (χ1n) is 13.7. The summed E-state index contributed by atoms with van der Waals surface area (Å²) >= 11 is 0. The van der Waals surface area contributed by atoms with Crippen LogP contribution in [-0.4, -0.2) is 29.3 Å². The van der Waals surface area contributed by atoms with Gasteiger partial charge in [-0.1, -0.05) is 78.9 Å². The summed E-state index contributed by atoms with van der Waals surface area (Å²) in [6, 6.07) is 30.8. The number of pyridine rings is 3. The van der Waals surface area contributed by atoms with Crippen LogP contribution in [0.25, 0.3) is 67.1 Å². The number of benzene rings is 2. The van der Waals surface area contributed by atoms with Gasteiger partial charge in [-0.3, -0.25) is 9.38 Å². The second-order valence-electron chi connectivity index (χ2n) is 10.1. The fraction of sp³-hybridized carbons (Fsp3) is 0.0571. The van der Waals surface area contributed by atoms with Gasteiger partial charge in [-0.25, -0.2) is 19.9 Å². The minimum absolute atomic E-state index is 0.752. The van der Waals surface area contributed by atoms with E-state index in [0.29, 0.717) is 0 Å². The molecule has 0 saturated heterocycles. The van der Waals surface area contributed by atoms with Crippen LogP contribution in [-0.2, 0) is 0 Å². The predicted molar refractivity (Wildman–Crippen MR) is 164 cm³/mol. The van der Waals surface area contributed by atoms with E-state index in [2.05, 4.69) is 76.1 Å². The molecule has 0 atom stereocenters. The molecule has 7 aromatic rings. The fourth-order valence-electron chi connectivity index (χ4n) is 5.52. The molecule has 1 aliphatic rings. The first-order chi connectivity index (χ1) is 20.3. The summed E-state index contributed by atoms with van der Waals surface area (Å²) in [5.74, 6) is 0.752. The van der Waals surface area contributed by atoms with E-state index < -0.39 is 0 Å². The molecule has 0 unspecified atom stereocenters. The van der Waals surface area contributed by atoms with Crippen molar-refractivity contribution in [3.8, 4) is 33.9 Å². The van der Waals surface area contributed by atoms with Gasteiger partial charge in [0, 0.05) is 34.3 Å². The lowest BCUT2D eigenvalue weighted by Gasteiger charge is -2.12. The molecule has 41 heavy (non-hydrogen) atoms. The second-order valence-corrected chi connectivity index (χ2v) is 10.1. The van der Waals surface area contributed by atoms with Crippen LogP contribution in [0.4, 0.5) is 0 Å². The monoisotopic (exact) mass is 528 g/mol. The molecule has 0 saturated carbocycles. The van der Waals surface area contributed by atoms with Crippen LogP contribution in [0.5, 0.6) is 0 Å². The Balaban J connectivity index is 1.26. The predicted octanol–water partition coefficient (Wildman–Crippen LogP) is 7.96. The molecule has 0 amide bonds. The zero-order valence-corrected chi connectivity index (χ0v) is 22.1. The lowest BCUT2D eigenvalue weighted by molar-refractivity contribution is 1.01. The molecule has 0 aliphatic heterocycles. The molecule has 2 aromatic carbocycles. The third-order valence-corrected chi connectivity index (χ3v) is 7.57. The highest BCUT2D eigenvalue weighted by Crippen LogP contribution is 2.34. The highest BCUT2D eigenvalue weighted by molar-refractivity contribution is 6.09. The maximum Gasteiger partial charge on any atom is 0.165 e. The Labute approximate surface area is 236 Å². The molecule has 1 aliphatic carbocycles. The topological polar surface area (TPSA) is 68.9 Å². The van der Waals surface area contributed by atoms with Gasteiger partial charge in [-0.05, 0) is 48.7 Å². The summed E-state index contributed by atoms with van der Waals surface area (Å²) in [5, 5.41) is 2.17. The van der Waals surface area contributed by atoms with Crippen LogP contribution in [0.15, 0.2) is 122 Å². The number of aromatic nitrogens is 6. The molecule has 194 valence electrons. The number of fused-ring (bicyclic) bond motifs is 5. The van der Waals surface area contributed by atoms with Crippen LogP contribution in [0.3, 0.4) is 0 Å². The Bertz CT molecular complexity index is 2140. The quantitative estimate of drug-likeness (QED) is 0.232. The van der Waals surface area contributed by atoms with Crippen LogP contribution >= 0.6 is 0 Å². The van der Waals surface area contributed by atoms with Gasteiger partial charge in [0.25, 0.3) is 0 Å². The van der Waals surface area contributed by atoms with Gasteiger partial charge < -0.3 is 0 Å². The van der Waals surface area contributed by atoms with Crippen LogP contribution < -0.4 is 0 Å². The van der Waals surface area contributed by atoms with E-state index in [-0.39, 0.29) is 0 Å². The van der Waals surface area contributed by atoms with Gasteiger partial charge in [-0.2, -0.15) is 0 Å². The molecular weight excluding hydrogens is 504 g/mol. The summed E-state index contributed by atoms with van der Waals surface area (Å²) in [6.45, 7) is 0. The van der Waals surface area contributed by atoms with Crippen molar-refractivity contribution in [2.45, 2.75) is 12.8 Å². The molecule has 5 aromatic heterocycles. The number of rotatable bonds is 4. The van der Waals surface area contributed by atoms with E-state index >= 15 is 0 Å². The van der Waals surface area contributed by atoms with Crippen molar-refractivity contribution in [2.24, 2.45) is 0 Å². The van der Waals surface area contributed by atoms with Crippen molar-refractivity contribution in [3.63, 3.8) is 0 Å². The number of hydrogen-bond acceptors (Lipinski definition) is 5. The fourth-order valence-corrected chi connectivity index (χ4v) is 5.52. The van der Waals surface area contributed by atoms with E-state index in [4.69, 9.17) is 19.9 Å². The van der Waals surface area contributed by atoms with E-state index in [9.17, 15) is 0 Å². The SMILES string of the molecule is C1=CCCC(c2nc(-c3ccc(-c4nc5c(nc6ccccn65)c5ccccc45)cc3)cc(-c3ccccn3)n2)=C1. The smallest absolute Gasteiger partial charge is 0.165 e. The molecule has 5 heterocycles. The van der Waals surface area contributed by atoms with E-state index in [1.807, 2.05) is 48.7 Å². The maximum absolute atomic E-state index is 5.15. The molecule has 0 radical (unpaired) electrons. The minimum atomic E-state index is 0.752. The summed E-state index contributed by atoms with van der Waals surface area (Å²) in [6.07, 6.45) is 12.1. The Morgan fingerprint density at radius 1 is 0.659 bits per heavy atom. The van der Waals surface area contributed by atoms with Crippen molar-refractivity contribution in [1.82, 2.24) is 29.3 Å². The zero-order chi connectivity index (χ0) is 27.2. The summed E-state index contributed by atoms with van der Waals surface area (Å²) in [5.41, 5.74) is 9.30. The van der Waals surface area contributed by atoms with E-state index in [1.165, 1.54) is 0 Å². The normalized spacial score (nSPS) is 13.2. The Kier molecular flexibility index (Phi) is 5.48. The summed E-state index contributed by atoms with van der Waals surface area (Å²) in [4.78, 5) is 24.5. The first-order valence-corrected chi connectivity index (χ1v) is 13.7. The molecular formula is C35H24N6. The first kappa shape index (κ1) is 23.4. The molecule has 0 bridgehead atoms. The van der Waals surface area contributed by atoms with Gasteiger partial charge in [0.2, 0.25) is 0 Å². The number of hydrogen-bond donors (Lipinski definition) is 0. The van der Waals surface area contributed by atoms with Gasteiger partial charge in [0.05, 0.1) is 22.8 Å². The Morgan fingerprint density at radius 3 is 2.29 bits per heavy atom. The van der Waals surface area contributed by atoms with Crippen molar-refractivity contribution in [3.05, 3.63) is 127 Å². The lowest BCUT2D eigenvalue weighted by Crippen LogP contribution is -2.01. The van der Waals surface area contributed by atoms with Gasteiger partial charge in [-0.15, -0.1) is 0 Å². The molecule has 0 fully saturated rings. The van der Waals surface area contributed by atoms with Gasteiger partial charge in [0.1, 0.15) is 11.2 Å². The van der Waals surface area contributed by atoms with Crippen molar-refractivity contribution < 1.29 is 0 Å². The van der Waals surface area contributed by atoms with Gasteiger partial charge >= 0.3 is 0 Å². The maximum atomic E-state index is 5.15. The van der Waals surface area contributed by atoms with Crippen LogP contribution in [0.1, 0.15) is 18.7 Å². The molecule has 8 rings (SSSR count). The standard InChI is InChI=1S/C35H24N6/c1-2-10-25(11-3-1)34-37-29(22-30(38-34)28-14-6-8-20-36-28)23-16-18-24(19-17-23)32-26-12-4-5-13-27(26)33-35(40-32)41-21-9-7-15-31(41)39-33/h1-2,4-10,12-22H,3,11H2.